The molecule has 2 aromatic rings. The number of carbonyl (C=O) groups excluding carboxylic acids is 1. The third-order valence-electron chi connectivity index (χ3n) is 4.05. The summed E-state index contributed by atoms with van der Waals surface area (Å²) < 4.78 is 24.2. The van der Waals surface area contributed by atoms with Crippen molar-refractivity contribution in [1.82, 2.24) is 10.3 Å². The van der Waals surface area contributed by atoms with Crippen LogP contribution in [0.3, 0.4) is 0 Å². The van der Waals surface area contributed by atoms with E-state index in [0.29, 0.717) is 22.4 Å². The van der Waals surface area contributed by atoms with Gasteiger partial charge in [-0.3, -0.25) is 9.59 Å². The molecule has 0 radical (unpaired) electrons. The first-order valence-electron chi connectivity index (χ1n) is 8.12. The summed E-state index contributed by atoms with van der Waals surface area (Å²) >= 11 is 0. The smallest absolute Gasteiger partial charge is 0.253 e. The molecule has 0 spiro atoms. The van der Waals surface area contributed by atoms with Gasteiger partial charge >= 0.3 is 0 Å². The second kappa shape index (κ2) is 7.53. The first kappa shape index (κ1) is 17.9. The number of aromatic amines is 1. The lowest BCUT2D eigenvalue weighted by molar-refractivity contribution is -0.116. The van der Waals surface area contributed by atoms with Crippen LogP contribution >= 0.6 is 0 Å². The van der Waals surface area contributed by atoms with Gasteiger partial charge in [0.2, 0.25) is 5.91 Å². The Morgan fingerprint density at radius 2 is 2.15 bits per heavy atom. The van der Waals surface area contributed by atoms with Crippen LogP contribution in [0.15, 0.2) is 29.1 Å². The van der Waals surface area contributed by atoms with Crippen molar-refractivity contribution >= 4 is 12.0 Å². The highest BCUT2D eigenvalue weighted by Gasteiger charge is 2.15. The number of fused-ring (bicyclic) bond motifs is 1. The lowest BCUT2D eigenvalue weighted by Gasteiger charge is -2.19. The molecular weight excluding hydrogens is 339 g/mol. The van der Waals surface area contributed by atoms with Crippen LogP contribution in [0.25, 0.3) is 6.08 Å². The molecule has 1 aromatic carbocycles. The van der Waals surface area contributed by atoms with E-state index in [-0.39, 0.29) is 25.5 Å². The maximum absolute atomic E-state index is 13.7. The molecule has 1 amide bonds. The highest BCUT2D eigenvalue weighted by molar-refractivity contribution is 5.92. The van der Waals surface area contributed by atoms with Crippen LogP contribution in [-0.2, 0) is 22.7 Å². The molecule has 1 aliphatic heterocycles. The molecule has 1 aromatic heterocycles. The normalized spacial score (nSPS) is 13.3. The molecule has 7 heteroatoms. The van der Waals surface area contributed by atoms with E-state index in [1.165, 1.54) is 24.3 Å². The number of rotatable bonds is 4. The Hall–Kier alpha value is -2.93. The number of pyridine rings is 1. The van der Waals surface area contributed by atoms with Gasteiger partial charge in [0, 0.05) is 35.0 Å². The number of hydrogen-bond acceptors (Lipinski definition) is 4. The van der Waals surface area contributed by atoms with Crippen molar-refractivity contribution in [1.29, 1.82) is 0 Å². The maximum Gasteiger partial charge on any atom is 0.253 e. The number of aromatic nitrogens is 1. The zero-order chi connectivity index (χ0) is 18.7. The zero-order valence-corrected chi connectivity index (χ0v) is 14.5. The van der Waals surface area contributed by atoms with Gasteiger partial charge in [-0.15, -0.1) is 0 Å². The summed E-state index contributed by atoms with van der Waals surface area (Å²) in [6, 6.07) is 4.48. The largest absolute Gasteiger partial charge is 0.467 e. The molecule has 0 unspecified atom stereocenters. The van der Waals surface area contributed by atoms with Crippen LogP contribution in [0, 0.1) is 19.7 Å². The maximum atomic E-state index is 13.7. The van der Waals surface area contributed by atoms with Gasteiger partial charge in [0.15, 0.2) is 6.79 Å². The van der Waals surface area contributed by atoms with E-state index < -0.39 is 11.7 Å². The fraction of sp³-hybridized carbons (Fsp3) is 0.263. The van der Waals surface area contributed by atoms with Gasteiger partial charge < -0.3 is 19.8 Å². The van der Waals surface area contributed by atoms with E-state index >= 15 is 0 Å². The molecule has 0 saturated carbocycles. The molecule has 136 valence electrons. The van der Waals surface area contributed by atoms with Crippen molar-refractivity contribution < 1.29 is 18.7 Å². The second-order valence-corrected chi connectivity index (χ2v) is 6.09. The Labute approximate surface area is 149 Å². The second-order valence-electron chi connectivity index (χ2n) is 6.09. The van der Waals surface area contributed by atoms with Gasteiger partial charge in [0.05, 0.1) is 6.61 Å². The van der Waals surface area contributed by atoms with E-state index in [0.717, 1.165) is 11.3 Å². The predicted octanol–water partition coefficient (Wildman–Crippen LogP) is 2.33. The third kappa shape index (κ3) is 4.00. The summed E-state index contributed by atoms with van der Waals surface area (Å²) in [5, 5.41) is 2.66. The van der Waals surface area contributed by atoms with E-state index in [4.69, 9.17) is 9.47 Å². The van der Waals surface area contributed by atoms with Gasteiger partial charge in [-0.1, -0.05) is 0 Å². The highest BCUT2D eigenvalue weighted by Crippen LogP contribution is 2.30. The lowest BCUT2D eigenvalue weighted by Crippen LogP contribution is -2.26. The Bertz CT molecular complexity index is 934. The fourth-order valence-corrected chi connectivity index (χ4v) is 2.83. The average Bonchev–Trinajstić information content (AvgIpc) is 2.58. The van der Waals surface area contributed by atoms with Crippen molar-refractivity contribution in [2.24, 2.45) is 0 Å². The number of hydrogen-bond donors (Lipinski definition) is 2. The number of ether oxygens (including phenoxy) is 2. The summed E-state index contributed by atoms with van der Waals surface area (Å²) in [4.78, 5) is 26.7. The monoisotopic (exact) mass is 358 g/mol. The van der Waals surface area contributed by atoms with E-state index in [1.54, 1.807) is 6.92 Å². The summed E-state index contributed by atoms with van der Waals surface area (Å²) in [5.41, 5.74) is 2.91. The van der Waals surface area contributed by atoms with E-state index in [1.807, 2.05) is 13.0 Å². The van der Waals surface area contributed by atoms with Gasteiger partial charge in [-0.25, -0.2) is 4.39 Å². The standard InChI is InChI=1S/C19H19FN2O4/c1-11-5-12(2)22-19(24)16(11)8-21-17(23)4-3-13-6-15(20)7-14-9-25-10-26-18(13)14/h3-7H,8-10H2,1-2H3,(H,21,23)(H,22,24). The molecule has 0 aliphatic carbocycles. The van der Waals surface area contributed by atoms with Crippen LogP contribution in [0.5, 0.6) is 5.75 Å². The first-order chi connectivity index (χ1) is 12.4. The summed E-state index contributed by atoms with van der Waals surface area (Å²) in [7, 11) is 0. The summed E-state index contributed by atoms with van der Waals surface area (Å²) in [6.07, 6.45) is 2.76. The number of nitrogens with one attached hydrogen (secondary N) is 2. The number of carbonyl (C=O) groups is 1. The van der Waals surface area contributed by atoms with Gasteiger partial charge in [-0.2, -0.15) is 0 Å². The average molecular weight is 358 g/mol. The number of aryl methyl sites for hydroxylation is 2. The zero-order valence-electron chi connectivity index (χ0n) is 14.5. The first-order valence-corrected chi connectivity index (χ1v) is 8.12. The summed E-state index contributed by atoms with van der Waals surface area (Å²) in [5.74, 6) is -0.318. The predicted molar refractivity (Wildman–Crippen MR) is 94.1 cm³/mol. The molecule has 2 N–H and O–H groups in total. The van der Waals surface area contributed by atoms with Gasteiger partial charge in [0.1, 0.15) is 11.6 Å². The van der Waals surface area contributed by atoms with Gasteiger partial charge in [-0.05, 0) is 43.7 Å². The molecule has 0 bridgehead atoms. The highest BCUT2D eigenvalue weighted by atomic mass is 19.1. The fourth-order valence-electron chi connectivity index (χ4n) is 2.83. The Morgan fingerprint density at radius 1 is 1.35 bits per heavy atom. The molecule has 0 saturated heterocycles. The quantitative estimate of drug-likeness (QED) is 0.822. The van der Waals surface area contributed by atoms with Crippen molar-refractivity contribution in [2.45, 2.75) is 27.0 Å². The molecule has 1 aliphatic rings. The van der Waals surface area contributed by atoms with Crippen LogP contribution in [0.4, 0.5) is 4.39 Å². The Kier molecular flexibility index (Phi) is 5.18. The summed E-state index contributed by atoms with van der Waals surface area (Å²) in [6.45, 7) is 4.07. The van der Waals surface area contributed by atoms with Crippen molar-refractivity contribution in [3.8, 4) is 5.75 Å². The van der Waals surface area contributed by atoms with Crippen LogP contribution in [-0.4, -0.2) is 17.7 Å². The molecule has 6 nitrogen and oxygen atoms in total. The third-order valence-corrected chi connectivity index (χ3v) is 4.05. The van der Waals surface area contributed by atoms with E-state index in [2.05, 4.69) is 10.3 Å². The van der Waals surface area contributed by atoms with Crippen molar-refractivity contribution in [2.75, 3.05) is 6.79 Å². The minimum Gasteiger partial charge on any atom is -0.467 e. The topological polar surface area (TPSA) is 80.4 Å². The molecule has 3 rings (SSSR count). The van der Waals surface area contributed by atoms with E-state index in [9.17, 15) is 14.0 Å². The Morgan fingerprint density at radius 3 is 2.92 bits per heavy atom. The van der Waals surface area contributed by atoms with Crippen LogP contribution in [0.1, 0.15) is 27.9 Å². The van der Waals surface area contributed by atoms with Crippen molar-refractivity contribution in [3.63, 3.8) is 0 Å². The number of benzene rings is 1. The molecular formula is C19H19FN2O4. The molecule has 26 heavy (non-hydrogen) atoms. The minimum absolute atomic E-state index is 0.0845. The molecule has 0 atom stereocenters. The SMILES string of the molecule is Cc1cc(C)c(CNC(=O)C=Cc2cc(F)cc3c2OCOC3)c(=O)[nH]1. The van der Waals surface area contributed by atoms with Crippen LogP contribution < -0.4 is 15.6 Å². The molecule has 2 heterocycles. The van der Waals surface area contributed by atoms with Crippen LogP contribution in [0.2, 0.25) is 0 Å². The van der Waals surface area contributed by atoms with Gasteiger partial charge in [0.25, 0.3) is 5.56 Å². The number of amides is 1. The molecule has 0 fully saturated rings. The Balaban J connectivity index is 1.71. The van der Waals surface area contributed by atoms with Crippen molar-refractivity contribution in [3.05, 3.63) is 68.4 Å². The lowest BCUT2D eigenvalue weighted by atomic mass is 10.1. The number of H-pyrrole nitrogens is 1. The number of halogens is 1. The minimum atomic E-state index is -0.431.